The lowest BCUT2D eigenvalue weighted by Gasteiger charge is -2.13. The maximum Gasteiger partial charge on any atom is 0.0790 e. The topological polar surface area (TPSA) is 20.2 Å². The van der Waals surface area contributed by atoms with E-state index >= 15 is 0 Å². The van der Waals surface area contributed by atoms with Crippen molar-refractivity contribution in [1.82, 2.24) is 0 Å². The molecular weight excluding hydrogens is 184 g/mol. The fourth-order valence-corrected chi connectivity index (χ4v) is 1.73. The highest BCUT2D eigenvalue weighted by molar-refractivity contribution is 5.35. The highest BCUT2D eigenvalue weighted by Crippen LogP contribution is 2.30. The largest absolute Gasteiger partial charge is 0.388 e. The molecule has 1 nitrogen and oxygen atoms in total. The molecule has 0 amide bonds. The molecule has 1 N–H and O–H groups in total. The summed E-state index contributed by atoms with van der Waals surface area (Å²) in [5, 5.41) is 9.92. The van der Waals surface area contributed by atoms with Crippen LogP contribution in [0, 0.1) is 31.6 Å². The lowest BCUT2D eigenvalue weighted by Crippen LogP contribution is -2.00. The zero-order valence-electron chi connectivity index (χ0n) is 8.63. The Balaban J connectivity index is 1.79. The van der Waals surface area contributed by atoms with Crippen LogP contribution in [0.5, 0.6) is 0 Å². The van der Waals surface area contributed by atoms with Crippen LogP contribution in [0.25, 0.3) is 0 Å². The van der Waals surface area contributed by atoms with Crippen molar-refractivity contribution >= 4 is 0 Å². The van der Waals surface area contributed by atoms with Gasteiger partial charge < -0.3 is 5.11 Å². The average molecular weight is 199 g/mol. The van der Waals surface area contributed by atoms with Gasteiger partial charge in [-0.2, -0.15) is 0 Å². The van der Waals surface area contributed by atoms with Crippen molar-refractivity contribution in [3.8, 4) is 0 Å². The molecule has 1 aliphatic carbocycles. The normalized spacial score (nSPS) is 19.3. The van der Waals surface area contributed by atoms with Crippen molar-refractivity contribution in [3.05, 3.63) is 67.5 Å². The molecule has 0 spiro atoms. The number of hydrogen-bond acceptors (Lipinski definition) is 1. The lowest BCUT2D eigenvalue weighted by molar-refractivity contribution is 0.166. The van der Waals surface area contributed by atoms with Gasteiger partial charge in [0.05, 0.1) is 6.10 Å². The molecule has 0 bridgehead atoms. The van der Waals surface area contributed by atoms with Gasteiger partial charge in [0.2, 0.25) is 0 Å². The van der Waals surface area contributed by atoms with Crippen LogP contribution in [0.4, 0.5) is 0 Å². The van der Waals surface area contributed by atoms with E-state index < -0.39 is 0 Å². The molecule has 0 heterocycles. The molecule has 77 valence electrons. The van der Waals surface area contributed by atoms with E-state index in [4.69, 9.17) is 0 Å². The monoisotopic (exact) mass is 199 g/mol. The van der Waals surface area contributed by atoms with E-state index in [1.807, 2.05) is 43.2 Å². The van der Waals surface area contributed by atoms with E-state index in [1.54, 1.807) is 0 Å². The predicted molar refractivity (Wildman–Crippen MR) is 61.1 cm³/mol. The van der Waals surface area contributed by atoms with Gasteiger partial charge >= 0.3 is 0 Å². The van der Waals surface area contributed by atoms with Gasteiger partial charge in [-0.1, -0.05) is 30.3 Å². The van der Waals surface area contributed by atoms with Crippen molar-refractivity contribution in [1.29, 1.82) is 0 Å². The highest BCUT2D eigenvalue weighted by atomic mass is 16.3. The summed E-state index contributed by atoms with van der Waals surface area (Å²) in [7, 11) is 0. The maximum atomic E-state index is 9.92. The van der Waals surface area contributed by atoms with Gasteiger partial charge in [0.25, 0.3) is 0 Å². The smallest absolute Gasteiger partial charge is 0.0790 e. The SMILES string of the molecule is OC(CC[C]1[CH][CH][CH][CH]1)c1ccccc1. The molecule has 0 aromatic heterocycles. The molecule has 15 heavy (non-hydrogen) atoms. The molecule has 1 unspecified atom stereocenters. The minimum atomic E-state index is -0.346. The van der Waals surface area contributed by atoms with Crippen molar-refractivity contribution < 1.29 is 5.11 Å². The van der Waals surface area contributed by atoms with Gasteiger partial charge in [0.1, 0.15) is 0 Å². The van der Waals surface area contributed by atoms with Gasteiger partial charge in [-0.15, -0.1) is 0 Å². The first-order chi connectivity index (χ1) is 7.36. The lowest BCUT2D eigenvalue weighted by atomic mass is 9.96. The number of rotatable bonds is 4. The first-order valence-electron chi connectivity index (χ1n) is 5.30. The highest BCUT2D eigenvalue weighted by Gasteiger charge is 2.18. The zero-order chi connectivity index (χ0) is 10.5. The summed E-state index contributed by atoms with van der Waals surface area (Å²) < 4.78 is 0. The van der Waals surface area contributed by atoms with Gasteiger partial charge in [0, 0.05) is 0 Å². The Morgan fingerprint density at radius 1 is 1.00 bits per heavy atom. The molecule has 5 radical (unpaired) electrons. The minimum absolute atomic E-state index is 0.346. The van der Waals surface area contributed by atoms with E-state index in [2.05, 4.69) is 12.8 Å². The van der Waals surface area contributed by atoms with Crippen molar-refractivity contribution in [2.24, 2.45) is 0 Å². The molecule has 1 aromatic rings. The molecule has 0 aliphatic heterocycles. The standard InChI is InChI=1S/C14H15O/c15-14(13-8-2-1-3-9-13)11-10-12-6-4-5-7-12/h1-9,14-15H,10-11H2. The Kier molecular flexibility index (Phi) is 3.79. The van der Waals surface area contributed by atoms with Crippen LogP contribution in [0.1, 0.15) is 24.5 Å². The number of aliphatic hydroxyl groups is 1. The van der Waals surface area contributed by atoms with Crippen LogP contribution in [0.15, 0.2) is 30.3 Å². The van der Waals surface area contributed by atoms with Crippen molar-refractivity contribution in [2.45, 2.75) is 18.9 Å². The fourth-order valence-electron chi connectivity index (χ4n) is 1.73. The summed E-state index contributed by atoms with van der Waals surface area (Å²) in [6.45, 7) is 0. The number of hydrogen-bond donors (Lipinski definition) is 1. The van der Waals surface area contributed by atoms with Crippen LogP contribution in [-0.4, -0.2) is 5.11 Å². The first-order valence-corrected chi connectivity index (χ1v) is 5.30. The molecule has 1 atom stereocenters. The van der Waals surface area contributed by atoms with Crippen molar-refractivity contribution in [2.75, 3.05) is 0 Å². The summed E-state index contributed by atoms with van der Waals surface area (Å²) >= 11 is 0. The molecule has 1 aliphatic rings. The van der Waals surface area contributed by atoms with Crippen LogP contribution in [-0.2, 0) is 0 Å². The maximum absolute atomic E-state index is 9.92. The summed E-state index contributed by atoms with van der Waals surface area (Å²) in [4.78, 5) is 0. The Bertz CT molecular complexity index is 275. The Morgan fingerprint density at radius 3 is 2.33 bits per heavy atom. The van der Waals surface area contributed by atoms with Crippen molar-refractivity contribution in [3.63, 3.8) is 0 Å². The molecule has 0 saturated heterocycles. The molecule has 1 aromatic carbocycles. The second kappa shape index (κ2) is 5.32. The summed E-state index contributed by atoms with van der Waals surface area (Å²) in [5.74, 6) is 1.30. The second-order valence-electron chi connectivity index (χ2n) is 3.76. The minimum Gasteiger partial charge on any atom is -0.388 e. The number of aliphatic hydroxyl groups excluding tert-OH is 1. The Morgan fingerprint density at radius 2 is 1.67 bits per heavy atom. The Hall–Kier alpha value is -0.820. The fraction of sp³-hybridized carbons (Fsp3) is 0.214. The van der Waals surface area contributed by atoms with Gasteiger partial charge in [-0.3, -0.25) is 0 Å². The van der Waals surface area contributed by atoms with Crippen LogP contribution >= 0.6 is 0 Å². The quantitative estimate of drug-likeness (QED) is 0.790. The van der Waals surface area contributed by atoms with Crippen LogP contribution in [0.2, 0.25) is 0 Å². The average Bonchev–Trinajstić information content (AvgIpc) is 2.80. The summed E-state index contributed by atoms with van der Waals surface area (Å²) in [5.41, 5.74) is 1.00. The third kappa shape index (κ3) is 3.07. The van der Waals surface area contributed by atoms with E-state index in [0.29, 0.717) is 0 Å². The zero-order valence-corrected chi connectivity index (χ0v) is 8.63. The van der Waals surface area contributed by atoms with Gasteiger partial charge in [-0.05, 0) is 50.0 Å². The molecule has 1 fully saturated rings. The third-order valence-corrected chi connectivity index (χ3v) is 2.62. The molecule has 1 saturated carbocycles. The summed E-state index contributed by atoms with van der Waals surface area (Å²) in [6.07, 6.45) is 9.63. The van der Waals surface area contributed by atoms with Gasteiger partial charge in [-0.25, -0.2) is 0 Å². The third-order valence-electron chi connectivity index (χ3n) is 2.62. The van der Waals surface area contributed by atoms with E-state index in [-0.39, 0.29) is 6.10 Å². The van der Waals surface area contributed by atoms with E-state index in [1.165, 1.54) is 5.92 Å². The Labute approximate surface area is 92.1 Å². The van der Waals surface area contributed by atoms with E-state index in [9.17, 15) is 5.11 Å². The first kappa shape index (κ1) is 10.7. The van der Waals surface area contributed by atoms with Crippen LogP contribution < -0.4 is 0 Å². The molecule has 2 rings (SSSR count). The predicted octanol–water partition coefficient (Wildman–Crippen LogP) is 2.91. The number of benzene rings is 1. The molecule has 1 heteroatoms. The second-order valence-corrected chi connectivity index (χ2v) is 3.76. The van der Waals surface area contributed by atoms with Crippen LogP contribution in [0.3, 0.4) is 0 Å². The molecular formula is C14H15O. The van der Waals surface area contributed by atoms with Gasteiger partial charge in [0.15, 0.2) is 0 Å². The van der Waals surface area contributed by atoms with E-state index in [0.717, 1.165) is 18.4 Å². The summed E-state index contributed by atoms with van der Waals surface area (Å²) in [6, 6.07) is 9.82.